The van der Waals surface area contributed by atoms with Crippen LogP contribution in [0.2, 0.25) is 5.02 Å². The van der Waals surface area contributed by atoms with Gasteiger partial charge in [0.05, 0.1) is 23.6 Å². The summed E-state index contributed by atoms with van der Waals surface area (Å²) in [6.45, 7) is 0.229. The van der Waals surface area contributed by atoms with Crippen LogP contribution < -0.4 is 4.74 Å². The van der Waals surface area contributed by atoms with Gasteiger partial charge in [-0.25, -0.2) is 9.67 Å². The Morgan fingerprint density at radius 2 is 2.05 bits per heavy atom. The summed E-state index contributed by atoms with van der Waals surface area (Å²) < 4.78 is 7.39. The number of rotatable bonds is 2. The largest absolute Gasteiger partial charge is 0.472 e. The van der Waals surface area contributed by atoms with Gasteiger partial charge in [0.1, 0.15) is 12.3 Å². The van der Waals surface area contributed by atoms with Crippen LogP contribution in [0.4, 0.5) is 0 Å². The Bertz CT molecular complexity index is 843. The second-order valence-electron chi connectivity index (χ2n) is 4.96. The molecule has 110 valence electrons. The fraction of sp³-hybridized carbons (Fsp3) is 0.125. The molecule has 4 rings (SSSR count). The molecule has 0 atom stereocenters. The molecule has 6 heteroatoms. The molecule has 3 heterocycles. The van der Waals surface area contributed by atoms with E-state index in [0.717, 1.165) is 22.5 Å². The fourth-order valence-corrected chi connectivity index (χ4v) is 2.76. The number of ether oxygens (including phenoxy) is 1. The zero-order valence-electron chi connectivity index (χ0n) is 11.5. The monoisotopic (exact) mass is 313 g/mol. The van der Waals surface area contributed by atoms with Crippen molar-refractivity contribution >= 4 is 11.6 Å². The number of aromatic nitrogens is 3. The lowest BCUT2D eigenvalue weighted by Crippen LogP contribution is -2.08. The molecule has 0 radical (unpaired) electrons. The van der Waals surface area contributed by atoms with Crippen molar-refractivity contribution in [3.8, 4) is 22.8 Å². The number of fused-ring (bicyclic) bond motifs is 3. The smallest absolute Gasteiger partial charge is 0.223 e. The van der Waals surface area contributed by atoms with Crippen molar-refractivity contribution in [3.05, 3.63) is 58.9 Å². The maximum absolute atomic E-state index is 9.77. The van der Waals surface area contributed by atoms with Crippen LogP contribution in [0.25, 0.3) is 16.9 Å². The zero-order chi connectivity index (χ0) is 15.1. The number of aliphatic hydroxyl groups excluding tert-OH is 1. The Morgan fingerprint density at radius 1 is 1.23 bits per heavy atom. The number of nitrogens with zero attached hydrogens (tertiary/aromatic N) is 3. The molecule has 5 nitrogen and oxygen atoms in total. The molecule has 22 heavy (non-hydrogen) atoms. The average Bonchev–Trinajstić information content (AvgIpc) is 2.94. The van der Waals surface area contributed by atoms with Gasteiger partial charge in [-0.1, -0.05) is 11.6 Å². The molecule has 0 fully saturated rings. The molecule has 1 aromatic carbocycles. The first-order valence-electron chi connectivity index (χ1n) is 6.83. The van der Waals surface area contributed by atoms with Gasteiger partial charge < -0.3 is 9.84 Å². The van der Waals surface area contributed by atoms with Gasteiger partial charge in [-0.3, -0.25) is 0 Å². The van der Waals surface area contributed by atoms with Crippen LogP contribution in [0.5, 0.6) is 5.88 Å². The first kappa shape index (κ1) is 13.3. The van der Waals surface area contributed by atoms with Crippen molar-refractivity contribution in [1.29, 1.82) is 0 Å². The summed E-state index contributed by atoms with van der Waals surface area (Å²) in [5.74, 6) is 0.570. The molecule has 0 saturated heterocycles. The molecule has 0 amide bonds. The summed E-state index contributed by atoms with van der Waals surface area (Å²) in [6.07, 6.45) is 1.69. The Balaban J connectivity index is 1.93. The van der Waals surface area contributed by atoms with E-state index in [1.165, 1.54) is 0 Å². The summed E-state index contributed by atoms with van der Waals surface area (Å²) >= 11 is 5.93. The van der Waals surface area contributed by atoms with Crippen LogP contribution in [0.3, 0.4) is 0 Å². The molecule has 0 bridgehead atoms. The quantitative estimate of drug-likeness (QED) is 0.790. The number of aliphatic hydroxyl groups is 1. The van der Waals surface area contributed by atoms with Crippen molar-refractivity contribution in [2.75, 3.05) is 0 Å². The lowest BCUT2D eigenvalue weighted by molar-refractivity contribution is 0.259. The molecule has 0 unspecified atom stereocenters. The van der Waals surface area contributed by atoms with Crippen LogP contribution in [0, 0.1) is 0 Å². The summed E-state index contributed by atoms with van der Waals surface area (Å²) in [6, 6.07) is 11.1. The summed E-state index contributed by atoms with van der Waals surface area (Å²) in [5, 5.41) is 15.1. The van der Waals surface area contributed by atoms with E-state index in [2.05, 4.69) is 10.1 Å². The van der Waals surface area contributed by atoms with Gasteiger partial charge in [0.25, 0.3) is 0 Å². The third-order valence-corrected chi connectivity index (χ3v) is 3.94. The lowest BCUT2D eigenvalue weighted by atomic mass is 10.1. The van der Waals surface area contributed by atoms with E-state index < -0.39 is 0 Å². The maximum atomic E-state index is 9.77. The highest BCUT2D eigenvalue weighted by molar-refractivity contribution is 6.30. The van der Waals surface area contributed by atoms with Crippen molar-refractivity contribution < 1.29 is 9.84 Å². The van der Waals surface area contributed by atoms with E-state index in [1.54, 1.807) is 23.0 Å². The minimum atomic E-state index is -0.121. The van der Waals surface area contributed by atoms with Gasteiger partial charge >= 0.3 is 0 Å². The van der Waals surface area contributed by atoms with Gasteiger partial charge in [-0.15, -0.1) is 0 Å². The van der Waals surface area contributed by atoms with Gasteiger partial charge in [-0.05, 0) is 36.4 Å². The normalized spacial score (nSPS) is 12.5. The van der Waals surface area contributed by atoms with Crippen molar-refractivity contribution in [3.63, 3.8) is 0 Å². The summed E-state index contributed by atoms with van der Waals surface area (Å²) in [5.41, 5.74) is 4.08. The van der Waals surface area contributed by atoms with Gasteiger partial charge in [0.15, 0.2) is 0 Å². The van der Waals surface area contributed by atoms with Crippen LogP contribution in [-0.2, 0) is 13.2 Å². The Morgan fingerprint density at radius 3 is 2.82 bits per heavy atom. The fourth-order valence-electron chi connectivity index (χ4n) is 2.64. The molecule has 1 N–H and O–H groups in total. The van der Waals surface area contributed by atoms with E-state index in [0.29, 0.717) is 23.2 Å². The van der Waals surface area contributed by atoms with Crippen molar-refractivity contribution in [2.45, 2.75) is 13.2 Å². The summed E-state index contributed by atoms with van der Waals surface area (Å²) in [4.78, 5) is 4.22. The second kappa shape index (κ2) is 5.12. The van der Waals surface area contributed by atoms with E-state index in [-0.39, 0.29) is 6.61 Å². The first-order valence-corrected chi connectivity index (χ1v) is 7.21. The van der Waals surface area contributed by atoms with Crippen LogP contribution in [0.1, 0.15) is 11.3 Å². The van der Waals surface area contributed by atoms with E-state index in [1.807, 2.05) is 24.3 Å². The van der Waals surface area contributed by atoms with Crippen LogP contribution >= 0.6 is 11.6 Å². The van der Waals surface area contributed by atoms with Crippen molar-refractivity contribution in [2.24, 2.45) is 0 Å². The zero-order valence-corrected chi connectivity index (χ0v) is 12.3. The van der Waals surface area contributed by atoms with E-state index >= 15 is 0 Å². The summed E-state index contributed by atoms with van der Waals surface area (Å²) in [7, 11) is 0. The van der Waals surface area contributed by atoms with Gasteiger partial charge in [0.2, 0.25) is 5.88 Å². The predicted molar refractivity (Wildman–Crippen MR) is 82.1 cm³/mol. The molecule has 1 aliphatic heterocycles. The van der Waals surface area contributed by atoms with Gasteiger partial charge in [-0.2, -0.15) is 5.10 Å². The Labute approximate surface area is 131 Å². The lowest BCUT2D eigenvalue weighted by Gasteiger charge is -2.15. The number of pyridine rings is 1. The van der Waals surface area contributed by atoms with Crippen molar-refractivity contribution in [1.82, 2.24) is 14.8 Å². The average molecular weight is 314 g/mol. The highest BCUT2D eigenvalue weighted by Crippen LogP contribution is 2.37. The highest BCUT2D eigenvalue weighted by atomic mass is 35.5. The van der Waals surface area contributed by atoms with Crippen LogP contribution in [-0.4, -0.2) is 19.9 Å². The molecular formula is C16H12ClN3O2. The molecule has 3 aromatic rings. The molecule has 0 aliphatic carbocycles. The third-order valence-electron chi connectivity index (χ3n) is 3.69. The third kappa shape index (κ3) is 1.98. The standard InChI is InChI=1S/C16H12ClN3O2/c17-10-3-5-11(6-4-10)20-14(8-21)13-9-22-16-12(15(13)19-20)2-1-7-18-16/h1-7,21H,8-9H2. The number of hydrogen-bond acceptors (Lipinski definition) is 4. The predicted octanol–water partition coefficient (Wildman–Crippen LogP) is 2.97. The molecule has 2 aromatic heterocycles. The highest BCUT2D eigenvalue weighted by Gasteiger charge is 2.26. The number of halogens is 1. The minimum absolute atomic E-state index is 0.121. The topological polar surface area (TPSA) is 60.2 Å². The molecule has 0 saturated carbocycles. The molecule has 1 aliphatic rings. The SMILES string of the molecule is OCc1c2c(nn1-c1ccc(Cl)cc1)-c1cccnc1OC2. The number of benzene rings is 1. The minimum Gasteiger partial charge on any atom is -0.472 e. The van der Waals surface area contributed by atoms with Crippen LogP contribution in [0.15, 0.2) is 42.6 Å². The van der Waals surface area contributed by atoms with E-state index in [9.17, 15) is 5.11 Å². The molecule has 0 spiro atoms. The maximum Gasteiger partial charge on any atom is 0.223 e. The van der Waals surface area contributed by atoms with Gasteiger partial charge in [0, 0.05) is 16.8 Å². The first-order chi connectivity index (χ1) is 10.8. The van der Waals surface area contributed by atoms with E-state index in [4.69, 9.17) is 16.3 Å². The number of hydrogen-bond donors (Lipinski definition) is 1. The second-order valence-corrected chi connectivity index (χ2v) is 5.40. The Hall–Kier alpha value is -2.37. The molecular weight excluding hydrogens is 302 g/mol. The Kier molecular flexibility index (Phi) is 3.10.